The van der Waals surface area contributed by atoms with Crippen LogP contribution in [0.25, 0.3) is 0 Å². The van der Waals surface area contributed by atoms with E-state index in [0.29, 0.717) is 30.9 Å². The third kappa shape index (κ3) is 4.68. The number of carbonyl (C=O) groups is 2. The monoisotopic (exact) mass is 367 g/mol. The van der Waals surface area contributed by atoms with E-state index in [1.807, 2.05) is 25.1 Å². The number of nitrogens with zero attached hydrogens (tertiary/aromatic N) is 3. The van der Waals surface area contributed by atoms with Crippen molar-refractivity contribution in [2.75, 3.05) is 25.0 Å². The van der Waals surface area contributed by atoms with E-state index in [1.165, 1.54) is 0 Å². The number of anilines is 1. The van der Waals surface area contributed by atoms with Crippen LogP contribution in [0.1, 0.15) is 35.1 Å². The molecule has 3 heterocycles. The highest BCUT2D eigenvalue weighted by Crippen LogP contribution is 2.14. The molecule has 1 unspecified atom stereocenters. The topological polar surface area (TPSA) is 87.2 Å². The van der Waals surface area contributed by atoms with Crippen molar-refractivity contribution in [2.45, 2.75) is 32.7 Å². The molecule has 0 aliphatic carbocycles. The van der Waals surface area contributed by atoms with Gasteiger partial charge in [0.2, 0.25) is 5.91 Å². The van der Waals surface area contributed by atoms with E-state index in [9.17, 15) is 9.59 Å². The molecule has 0 saturated carbocycles. The first-order valence-corrected chi connectivity index (χ1v) is 9.28. The van der Waals surface area contributed by atoms with Crippen molar-refractivity contribution in [3.05, 3.63) is 53.6 Å². The number of piperazine rings is 1. The first-order chi connectivity index (χ1) is 13.1. The highest BCUT2D eigenvalue weighted by molar-refractivity contribution is 6.01. The number of nitrogens with one attached hydrogen (secondary N) is 2. The van der Waals surface area contributed by atoms with Crippen molar-refractivity contribution in [1.82, 2.24) is 20.2 Å². The summed E-state index contributed by atoms with van der Waals surface area (Å²) in [6.45, 7) is 5.53. The molecule has 27 heavy (non-hydrogen) atoms. The summed E-state index contributed by atoms with van der Waals surface area (Å²) in [5.41, 5.74) is 2.97. The van der Waals surface area contributed by atoms with Gasteiger partial charge in [-0.2, -0.15) is 0 Å². The van der Waals surface area contributed by atoms with Crippen molar-refractivity contribution in [2.24, 2.45) is 0 Å². The van der Waals surface area contributed by atoms with E-state index in [2.05, 4.69) is 27.5 Å². The lowest BCUT2D eigenvalue weighted by molar-refractivity contribution is -0.121. The molecule has 0 aromatic carbocycles. The second-order valence-electron chi connectivity index (χ2n) is 6.68. The molecule has 0 spiro atoms. The minimum absolute atomic E-state index is 0.140. The molecule has 2 amide bonds. The van der Waals surface area contributed by atoms with Gasteiger partial charge in [-0.15, -0.1) is 0 Å². The van der Waals surface area contributed by atoms with Crippen molar-refractivity contribution >= 4 is 17.5 Å². The van der Waals surface area contributed by atoms with Crippen molar-refractivity contribution in [3.63, 3.8) is 0 Å². The molecular weight excluding hydrogens is 342 g/mol. The molecule has 1 atom stereocenters. The fraction of sp³-hybridized carbons (Fsp3) is 0.400. The van der Waals surface area contributed by atoms with E-state index < -0.39 is 6.04 Å². The largest absolute Gasteiger partial charge is 0.324 e. The Bertz CT molecular complexity index is 806. The summed E-state index contributed by atoms with van der Waals surface area (Å²) in [4.78, 5) is 36.0. The number of aromatic nitrogens is 2. The number of pyridine rings is 2. The molecule has 1 aliphatic heterocycles. The summed E-state index contributed by atoms with van der Waals surface area (Å²) < 4.78 is 0. The van der Waals surface area contributed by atoms with E-state index in [1.54, 1.807) is 23.4 Å². The molecule has 2 N–H and O–H groups in total. The molecule has 2 aromatic rings. The van der Waals surface area contributed by atoms with E-state index >= 15 is 0 Å². The average molecular weight is 367 g/mol. The van der Waals surface area contributed by atoms with Crippen LogP contribution in [0.5, 0.6) is 0 Å². The van der Waals surface area contributed by atoms with E-state index in [-0.39, 0.29) is 11.8 Å². The normalized spacial score (nSPS) is 16.8. The maximum atomic E-state index is 13.0. The fourth-order valence-electron chi connectivity index (χ4n) is 3.12. The van der Waals surface area contributed by atoms with Gasteiger partial charge in [0.05, 0.1) is 11.9 Å². The Morgan fingerprint density at radius 3 is 2.89 bits per heavy atom. The van der Waals surface area contributed by atoms with E-state index in [4.69, 9.17) is 0 Å². The fourth-order valence-corrected chi connectivity index (χ4v) is 3.12. The minimum atomic E-state index is -0.574. The number of rotatable bonds is 5. The second kappa shape index (κ2) is 8.73. The van der Waals surface area contributed by atoms with Crippen LogP contribution in [0.2, 0.25) is 0 Å². The van der Waals surface area contributed by atoms with Crippen LogP contribution in [0.15, 0.2) is 36.7 Å². The van der Waals surface area contributed by atoms with Crippen LogP contribution in [0, 0.1) is 6.92 Å². The first-order valence-electron chi connectivity index (χ1n) is 9.28. The SMILES string of the molecule is CCCc1cc(C(=O)N2CCNCC2C(=O)Nc2ccc(C)nc2)ccn1. The van der Waals surface area contributed by atoms with Crippen LogP contribution in [0.3, 0.4) is 0 Å². The average Bonchev–Trinajstić information content (AvgIpc) is 2.69. The summed E-state index contributed by atoms with van der Waals surface area (Å²) in [6.07, 6.45) is 5.07. The van der Waals surface area contributed by atoms with Gasteiger partial charge in [-0.3, -0.25) is 19.6 Å². The molecule has 142 valence electrons. The van der Waals surface area contributed by atoms with Gasteiger partial charge in [0.1, 0.15) is 6.04 Å². The molecule has 0 radical (unpaired) electrons. The number of amides is 2. The Balaban J connectivity index is 1.76. The number of aryl methyl sites for hydroxylation is 2. The maximum absolute atomic E-state index is 13.0. The molecular formula is C20H25N5O2. The number of carbonyl (C=O) groups excluding carboxylic acids is 2. The summed E-state index contributed by atoms with van der Waals surface area (Å²) in [7, 11) is 0. The zero-order valence-corrected chi connectivity index (χ0v) is 15.7. The van der Waals surface area contributed by atoms with Gasteiger partial charge in [-0.05, 0) is 37.6 Å². The lowest BCUT2D eigenvalue weighted by Crippen LogP contribution is -2.58. The second-order valence-corrected chi connectivity index (χ2v) is 6.68. The Morgan fingerprint density at radius 1 is 1.30 bits per heavy atom. The van der Waals surface area contributed by atoms with Crippen molar-refractivity contribution in [1.29, 1.82) is 0 Å². The molecule has 7 heteroatoms. The molecule has 1 aliphatic rings. The Morgan fingerprint density at radius 2 is 2.15 bits per heavy atom. The van der Waals surface area contributed by atoms with Gasteiger partial charge in [-0.25, -0.2) is 0 Å². The van der Waals surface area contributed by atoms with Gasteiger partial charge >= 0.3 is 0 Å². The molecule has 1 fully saturated rings. The van der Waals surface area contributed by atoms with Crippen LogP contribution < -0.4 is 10.6 Å². The quantitative estimate of drug-likeness (QED) is 0.841. The lowest BCUT2D eigenvalue weighted by atomic mass is 10.1. The third-order valence-corrected chi connectivity index (χ3v) is 4.56. The molecule has 2 aromatic heterocycles. The maximum Gasteiger partial charge on any atom is 0.254 e. The standard InChI is InChI=1S/C20H25N5O2/c1-3-4-16-11-15(7-8-22-16)20(27)25-10-9-21-13-18(25)19(26)24-17-6-5-14(2)23-12-17/h5-8,11-12,18,21H,3-4,9-10,13H2,1-2H3,(H,24,26). The highest BCUT2D eigenvalue weighted by atomic mass is 16.2. The Hall–Kier alpha value is -2.80. The Labute approximate surface area is 159 Å². The predicted octanol–water partition coefficient (Wildman–Crippen LogP) is 1.79. The van der Waals surface area contributed by atoms with Crippen LogP contribution in [0.4, 0.5) is 5.69 Å². The lowest BCUT2D eigenvalue weighted by Gasteiger charge is -2.35. The van der Waals surface area contributed by atoms with Crippen LogP contribution in [-0.2, 0) is 11.2 Å². The molecule has 3 rings (SSSR count). The van der Waals surface area contributed by atoms with Gasteiger partial charge in [0, 0.05) is 42.8 Å². The van der Waals surface area contributed by atoms with Gasteiger partial charge < -0.3 is 15.5 Å². The number of hydrogen-bond acceptors (Lipinski definition) is 5. The van der Waals surface area contributed by atoms with E-state index in [0.717, 1.165) is 24.2 Å². The predicted molar refractivity (Wildman–Crippen MR) is 104 cm³/mol. The molecule has 0 bridgehead atoms. The summed E-state index contributed by atoms with van der Waals surface area (Å²) in [5, 5.41) is 6.06. The number of hydrogen-bond donors (Lipinski definition) is 2. The smallest absolute Gasteiger partial charge is 0.254 e. The summed E-state index contributed by atoms with van der Waals surface area (Å²) in [5.74, 6) is -0.359. The first kappa shape index (κ1) is 19.0. The zero-order chi connectivity index (χ0) is 19.2. The van der Waals surface area contributed by atoms with Crippen molar-refractivity contribution in [3.8, 4) is 0 Å². The van der Waals surface area contributed by atoms with Crippen molar-refractivity contribution < 1.29 is 9.59 Å². The summed E-state index contributed by atoms with van der Waals surface area (Å²) in [6, 6.07) is 6.61. The van der Waals surface area contributed by atoms with Crippen LogP contribution in [-0.4, -0.2) is 52.4 Å². The summed E-state index contributed by atoms with van der Waals surface area (Å²) >= 11 is 0. The van der Waals surface area contributed by atoms with Crippen LogP contribution >= 0.6 is 0 Å². The third-order valence-electron chi connectivity index (χ3n) is 4.56. The minimum Gasteiger partial charge on any atom is -0.324 e. The molecule has 7 nitrogen and oxygen atoms in total. The Kier molecular flexibility index (Phi) is 6.13. The zero-order valence-electron chi connectivity index (χ0n) is 15.7. The van der Waals surface area contributed by atoms with Gasteiger partial charge in [0.25, 0.3) is 5.91 Å². The van der Waals surface area contributed by atoms with Gasteiger partial charge in [-0.1, -0.05) is 13.3 Å². The molecule has 1 saturated heterocycles. The van der Waals surface area contributed by atoms with Gasteiger partial charge in [0.15, 0.2) is 0 Å². The highest BCUT2D eigenvalue weighted by Gasteiger charge is 2.32.